The van der Waals surface area contributed by atoms with Gasteiger partial charge < -0.3 is 4.74 Å². The molecule has 0 spiro atoms. The molecule has 124 valence electrons. The Kier molecular flexibility index (Phi) is 3.93. The summed E-state index contributed by atoms with van der Waals surface area (Å²) in [5.41, 5.74) is 5.30. The summed E-state index contributed by atoms with van der Waals surface area (Å²) in [7, 11) is 0. The van der Waals surface area contributed by atoms with E-state index in [0.717, 1.165) is 43.9 Å². The van der Waals surface area contributed by atoms with Crippen LogP contribution in [0.3, 0.4) is 0 Å². The monoisotopic (exact) mass is 347 g/mol. The molecule has 0 amide bonds. The fraction of sp³-hybridized carbons (Fsp3) is 0.150. The average molecular weight is 347 g/mol. The number of thiophene rings is 1. The molecule has 0 unspecified atom stereocenters. The molecule has 4 aromatic rings. The summed E-state index contributed by atoms with van der Waals surface area (Å²) >= 11 is 1.64. The van der Waals surface area contributed by atoms with E-state index in [2.05, 4.69) is 39.4 Å². The maximum atomic E-state index is 6.05. The van der Waals surface area contributed by atoms with Crippen LogP contribution in [0, 0.1) is 20.8 Å². The Morgan fingerprint density at radius 3 is 2.48 bits per heavy atom. The van der Waals surface area contributed by atoms with Crippen LogP contribution in [0.25, 0.3) is 21.2 Å². The number of aryl methyl sites for hydroxylation is 3. The van der Waals surface area contributed by atoms with Gasteiger partial charge in [-0.3, -0.25) is 0 Å². The summed E-state index contributed by atoms with van der Waals surface area (Å²) in [6.45, 7) is 6.10. The Balaban J connectivity index is 1.72. The minimum atomic E-state index is 0.648. The van der Waals surface area contributed by atoms with Crippen LogP contribution in [-0.4, -0.2) is 15.0 Å². The highest BCUT2D eigenvalue weighted by Gasteiger charge is 2.12. The highest BCUT2D eigenvalue weighted by atomic mass is 32.1. The van der Waals surface area contributed by atoms with Gasteiger partial charge in [0.1, 0.15) is 12.1 Å². The molecule has 0 radical (unpaired) electrons. The molecule has 3 aromatic heterocycles. The Hall–Kier alpha value is -2.79. The molecule has 4 nitrogen and oxygen atoms in total. The van der Waals surface area contributed by atoms with Crippen molar-refractivity contribution in [2.45, 2.75) is 20.8 Å². The first-order chi connectivity index (χ1) is 12.1. The van der Waals surface area contributed by atoms with Crippen molar-refractivity contribution in [3.63, 3.8) is 0 Å². The third-order valence-corrected chi connectivity index (χ3v) is 5.16. The zero-order valence-corrected chi connectivity index (χ0v) is 15.1. The largest absolute Gasteiger partial charge is 0.438 e. The first kappa shape index (κ1) is 15.7. The first-order valence-electron chi connectivity index (χ1n) is 8.03. The second-order valence-corrected chi connectivity index (χ2v) is 6.87. The minimum Gasteiger partial charge on any atom is -0.438 e. The zero-order valence-electron chi connectivity index (χ0n) is 14.3. The molecule has 25 heavy (non-hydrogen) atoms. The molecule has 0 saturated heterocycles. The van der Waals surface area contributed by atoms with Gasteiger partial charge in [0, 0.05) is 23.1 Å². The van der Waals surface area contributed by atoms with E-state index < -0.39 is 0 Å². The number of hydrogen-bond acceptors (Lipinski definition) is 5. The molecular weight excluding hydrogens is 330 g/mol. The Bertz CT molecular complexity index is 1050. The van der Waals surface area contributed by atoms with Gasteiger partial charge in [-0.15, -0.1) is 11.3 Å². The van der Waals surface area contributed by atoms with Gasteiger partial charge in [-0.1, -0.05) is 6.07 Å². The summed E-state index contributed by atoms with van der Waals surface area (Å²) in [6.07, 6.45) is 3.38. The van der Waals surface area contributed by atoms with Crippen molar-refractivity contribution < 1.29 is 4.74 Å². The van der Waals surface area contributed by atoms with E-state index in [1.807, 2.05) is 32.0 Å². The first-order valence-corrected chi connectivity index (χ1v) is 8.91. The van der Waals surface area contributed by atoms with Crippen LogP contribution in [0.5, 0.6) is 11.6 Å². The predicted octanol–water partition coefficient (Wildman–Crippen LogP) is 5.47. The molecule has 0 aliphatic heterocycles. The number of aromatic nitrogens is 3. The number of pyridine rings is 1. The summed E-state index contributed by atoms with van der Waals surface area (Å²) in [5.74, 6) is 1.43. The number of ether oxygens (including phenoxy) is 1. The van der Waals surface area contributed by atoms with Crippen molar-refractivity contribution in [2.24, 2.45) is 0 Å². The van der Waals surface area contributed by atoms with E-state index in [0.29, 0.717) is 5.88 Å². The number of rotatable bonds is 3. The van der Waals surface area contributed by atoms with Gasteiger partial charge >= 0.3 is 0 Å². The molecule has 0 aliphatic carbocycles. The third kappa shape index (κ3) is 2.87. The van der Waals surface area contributed by atoms with Crippen LogP contribution in [0.4, 0.5) is 0 Å². The predicted molar refractivity (Wildman–Crippen MR) is 101 cm³/mol. The number of nitrogens with zero attached hydrogens (tertiary/aromatic N) is 3. The SMILES string of the molecule is Cc1cc(Oc2nccc3ccsc23)ccc1-c1c(C)ncnc1C. The summed E-state index contributed by atoms with van der Waals surface area (Å²) in [4.78, 5) is 13.0. The van der Waals surface area contributed by atoms with Crippen LogP contribution in [0.1, 0.15) is 17.0 Å². The van der Waals surface area contributed by atoms with Crippen LogP contribution >= 0.6 is 11.3 Å². The number of benzene rings is 1. The molecule has 5 heteroatoms. The van der Waals surface area contributed by atoms with Gasteiger partial charge in [-0.05, 0) is 66.9 Å². The Labute approximate surface area is 150 Å². The third-order valence-electron chi connectivity index (χ3n) is 4.24. The fourth-order valence-corrected chi connectivity index (χ4v) is 3.83. The number of fused-ring (bicyclic) bond motifs is 1. The molecule has 1 aromatic carbocycles. The van der Waals surface area contributed by atoms with Gasteiger partial charge in [0.25, 0.3) is 0 Å². The van der Waals surface area contributed by atoms with E-state index in [-0.39, 0.29) is 0 Å². The average Bonchev–Trinajstić information content (AvgIpc) is 3.06. The molecule has 0 N–H and O–H groups in total. The van der Waals surface area contributed by atoms with Gasteiger partial charge in [-0.25, -0.2) is 15.0 Å². The second-order valence-electron chi connectivity index (χ2n) is 5.95. The van der Waals surface area contributed by atoms with Gasteiger partial charge in [0.15, 0.2) is 0 Å². The smallest absolute Gasteiger partial charge is 0.237 e. The molecule has 0 aliphatic rings. The Morgan fingerprint density at radius 1 is 0.920 bits per heavy atom. The lowest BCUT2D eigenvalue weighted by Gasteiger charge is -2.13. The van der Waals surface area contributed by atoms with Crippen molar-refractivity contribution in [1.82, 2.24) is 15.0 Å². The van der Waals surface area contributed by atoms with Crippen LogP contribution < -0.4 is 4.74 Å². The molecule has 0 bridgehead atoms. The maximum absolute atomic E-state index is 6.05. The lowest BCUT2D eigenvalue weighted by molar-refractivity contribution is 0.470. The minimum absolute atomic E-state index is 0.648. The van der Waals surface area contributed by atoms with Gasteiger partial charge in [0.2, 0.25) is 5.88 Å². The molecule has 3 heterocycles. The summed E-state index contributed by atoms with van der Waals surface area (Å²) in [5, 5.41) is 3.20. The topological polar surface area (TPSA) is 47.9 Å². The van der Waals surface area contributed by atoms with Gasteiger partial charge in [-0.2, -0.15) is 0 Å². The summed E-state index contributed by atoms with van der Waals surface area (Å²) in [6, 6.07) is 10.1. The number of hydrogen-bond donors (Lipinski definition) is 0. The van der Waals surface area contributed by atoms with E-state index in [1.54, 1.807) is 23.9 Å². The van der Waals surface area contributed by atoms with E-state index in [9.17, 15) is 0 Å². The van der Waals surface area contributed by atoms with Crippen molar-refractivity contribution in [1.29, 1.82) is 0 Å². The van der Waals surface area contributed by atoms with Crippen molar-refractivity contribution in [2.75, 3.05) is 0 Å². The second kappa shape index (κ2) is 6.26. The van der Waals surface area contributed by atoms with Gasteiger partial charge in [0.05, 0.1) is 4.70 Å². The van der Waals surface area contributed by atoms with Crippen LogP contribution in [0.2, 0.25) is 0 Å². The standard InChI is InChI=1S/C20H17N3OS/c1-12-10-16(24-20-19-15(6-8-21-20)7-9-25-19)4-5-17(12)18-13(2)22-11-23-14(18)3/h4-11H,1-3H3. The Morgan fingerprint density at radius 2 is 1.72 bits per heavy atom. The summed E-state index contributed by atoms with van der Waals surface area (Å²) < 4.78 is 7.11. The normalized spacial score (nSPS) is 11.0. The quantitative estimate of drug-likeness (QED) is 0.493. The lowest BCUT2D eigenvalue weighted by Crippen LogP contribution is -1.97. The highest BCUT2D eigenvalue weighted by molar-refractivity contribution is 7.17. The zero-order chi connectivity index (χ0) is 17.4. The van der Waals surface area contributed by atoms with E-state index in [1.165, 1.54) is 0 Å². The molecule has 0 saturated carbocycles. The van der Waals surface area contributed by atoms with Crippen LogP contribution in [0.15, 0.2) is 48.2 Å². The fourth-order valence-electron chi connectivity index (χ4n) is 3.02. The van der Waals surface area contributed by atoms with E-state index in [4.69, 9.17) is 4.74 Å². The van der Waals surface area contributed by atoms with Crippen molar-refractivity contribution in [3.05, 3.63) is 65.2 Å². The molecule has 4 rings (SSSR count). The molecular formula is C20H17N3OS. The molecule has 0 fully saturated rings. The highest BCUT2D eigenvalue weighted by Crippen LogP contribution is 2.34. The van der Waals surface area contributed by atoms with Crippen molar-refractivity contribution >= 4 is 21.4 Å². The lowest BCUT2D eigenvalue weighted by atomic mass is 9.98. The van der Waals surface area contributed by atoms with E-state index >= 15 is 0 Å². The molecule has 0 atom stereocenters. The van der Waals surface area contributed by atoms with Crippen molar-refractivity contribution in [3.8, 4) is 22.8 Å². The maximum Gasteiger partial charge on any atom is 0.237 e. The van der Waals surface area contributed by atoms with Crippen LogP contribution in [-0.2, 0) is 0 Å².